The maximum absolute atomic E-state index is 5.83. The lowest BCUT2D eigenvalue weighted by Crippen LogP contribution is -2.15. The lowest BCUT2D eigenvalue weighted by atomic mass is 10.1. The quantitative estimate of drug-likeness (QED) is 0.885. The van der Waals surface area contributed by atoms with Crippen molar-refractivity contribution in [1.29, 1.82) is 0 Å². The van der Waals surface area contributed by atoms with E-state index in [4.69, 9.17) is 18.7 Å². The Balaban J connectivity index is 1.69. The summed E-state index contributed by atoms with van der Waals surface area (Å²) in [4.78, 5) is 0. The maximum atomic E-state index is 5.83. The predicted molar refractivity (Wildman–Crippen MR) is 80.4 cm³/mol. The largest absolute Gasteiger partial charge is 0.493 e. The van der Waals surface area contributed by atoms with Crippen molar-refractivity contribution in [2.24, 2.45) is 0 Å². The molecule has 6 heteroatoms. The smallest absolute Gasteiger partial charge is 0.164 e. The maximum Gasteiger partial charge on any atom is 0.164 e. The molecule has 1 aromatic heterocycles. The van der Waals surface area contributed by atoms with Crippen molar-refractivity contribution in [3.63, 3.8) is 0 Å². The number of nitrogens with one attached hydrogen (secondary N) is 1. The number of nitrogens with zero attached hydrogens (tertiary/aromatic N) is 1. The van der Waals surface area contributed by atoms with Crippen molar-refractivity contribution in [3.05, 3.63) is 35.7 Å². The Morgan fingerprint density at radius 2 is 2.14 bits per heavy atom. The predicted octanol–water partition coefficient (Wildman–Crippen LogP) is 2.70. The van der Waals surface area contributed by atoms with Crippen LogP contribution in [-0.2, 0) is 6.61 Å². The SMILES string of the molecule is COc1ccc(OCc2conc2[C@@H]2CCCN2)cc1OC. The lowest BCUT2D eigenvalue weighted by molar-refractivity contribution is 0.297. The molecule has 1 aromatic carbocycles. The van der Waals surface area contributed by atoms with E-state index in [0.717, 1.165) is 30.6 Å². The standard InChI is InChI=1S/C16H20N2O4/c1-19-14-6-5-12(8-15(14)20-2)21-9-11-10-22-18-16(11)13-4-3-7-17-13/h5-6,8,10,13,17H,3-4,7,9H2,1-2H3/t13-/m0/s1. The van der Waals surface area contributed by atoms with Crippen molar-refractivity contribution in [3.8, 4) is 17.2 Å². The Kier molecular flexibility index (Phi) is 4.48. The molecule has 1 aliphatic heterocycles. The summed E-state index contributed by atoms with van der Waals surface area (Å²) in [6.45, 7) is 1.43. The fourth-order valence-electron chi connectivity index (χ4n) is 2.65. The third-order valence-electron chi connectivity index (χ3n) is 3.81. The minimum atomic E-state index is 0.266. The number of rotatable bonds is 6. The Hall–Kier alpha value is -2.21. The second kappa shape index (κ2) is 6.70. The van der Waals surface area contributed by atoms with E-state index in [1.165, 1.54) is 0 Å². The third-order valence-corrected chi connectivity index (χ3v) is 3.81. The molecule has 2 heterocycles. The van der Waals surface area contributed by atoms with E-state index in [1.54, 1.807) is 26.5 Å². The van der Waals surface area contributed by atoms with Gasteiger partial charge in [-0.2, -0.15) is 0 Å². The van der Waals surface area contributed by atoms with Crippen LogP contribution in [0, 0.1) is 0 Å². The number of aromatic nitrogens is 1. The van der Waals surface area contributed by atoms with Crippen LogP contribution in [0.25, 0.3) is 0 Å². The summed E-state index contributed by atoms with van der Waals surface area (Å²) < 4.78 is 21.4. The van der Waals surface area contributed by atoms with Gasteiger partial charge in [0.05, 0.1) is 25.8 Å². The normalized spacial score (nSPS) is 17.5. The molecule has 0 unspecified atom stereocenters. The van der Waals surface area contributed by atoms with Gasteiger partial charge in [-0.25, -0.2) is 0 Å². The highest BCUT2D eigenvalue weighted by atomic mass is 16.5. The lowest BCUT2D eigenvalue weighted by Gasteiger charge is -2.12. The average Bonchev–Trinajstić information content (AvgIpc) is 3.23. The molecule has 1 N–H and O–H groups in total. The number of methoxy groups -OCH3 is 2. The van der Waals surface area contributed by atoms with Gasteiger partial charge in [-0.3, -0.25) is 0 Å². The minimum Gasteiger partial charge on any atom is -0.493 e. The average molecular weight is 304 g/mol. The van der Waals surface area contributed by atoms with E-state index in [0.29, 0.717) is 23.9 Å². The van der Waals surface area contributed by atoms with Crippen LogP contribution < -0.4 is 19.5 Å². The van der Waals surface area contributed by atoms with E-state index in [9.17, 15) is 0 Å². The van der Waals surface area contributed by atoms with Gasteiger partial charge in [-0.05, 0) is 31.5 Å². The van der Waals surface area contributed by atoms with Crippen molar-refractivity contribution < 1.29 is 18.7 Å². The monoisotopic (exact) mass is 304 g/mol. The van der Waals surface area contributed by atoms with E-state index < -0.39 is 0 Å². The van der Waals surface area contributed by atoms with E-state index in [1.807, 2.05) is 12.1 Å². The van der Waals surface area contributed by atoms with Gasteiger partial charge in [0, 0.05) is 6.07 Å². The molecule has 3 rings (SSSR count). The third kappa shape index (κ3) is 3.01. The second-order valence-corrected chi connectivity index (χ2v) is 5.18. The van der Waals surface area contributed by atoms with E-state index >= 15 is 0 Å². The Morgan fingerprint density at radius 1 is 1.27 bits per heavy atom. The fourth-order valence-corrected chi connectivity index (χ4v) is 2.65. The molecular formula is C16H20N2O4. The van der Waals surface area contributed by atoms with Crippen LogP contribution in [0.5, 0.6) is 17.2 Å². The van der Waals surface area contributed by atoms with Gasteiger partial charge in [-0.15, -0.1) is 0 Å². The Bertz CT molecular complexity index is 620. The summed E-state index contributed by atoms with van der Waals surface area (Å²) in [7, 11) is 3.21. The van der Waals surface area contributed by atoms with Gasteiger partial charge in [0.1, 0.15) is 24.3 Å². The van der Waals surface area contributed by atoms with Crippen LogP contribution in [0.1, 0.15) is 30.1 Å². The highest BCUT2D eigenvalue weighted by molar-refractivity contribution is 5.45. The van der Waals surface area contributed by atoms with Crippen LogP contribution >= 0.6 is 0 Å². The Morgan fingerprint density at radius 3 is 2.86 bits per heavy atom. The molecule has 6 nitrogen and oxygen atoms in total. The van der Waals surface area contributed by atoms with Gasteiger partial charge >= 0.3 is 0 Å². The molecule has 1 atom stereocenters. The van der Waals surface area contributed by atoms with E-state index in [-0.39, 0.29) is 6.04 Å². The molecule has 1 fully saturated rings. The van der Waals surface area contributed by atoms with E-state index in [2.05, 4.69) is 10.5 Å². The number of hydrogen-bond acceptors (Lipinski definition) is 6. The summed E-state index contributed by atoms with van der Waals surface area (Å²) in [5, 5.41) is 7.53. The summed E-state index contributed by atoms with van der Waals surface area (Å²) in [5.41, 5.74) is 1.91. The first-order valence-corrected chi connectivity index (χ1v) is 7.33. The zero-order chi connectivity index (χ0) is 15.4. The summed E-state index contributed by atoms with van der Waals surface area (Å²) in [6.07, 6.45) is 3.89. The molecule has 22 heavy (non-hydrogen) atoms. The Labute approximate surface area is 129 Å². The van der Waals surface area contributed by atoms with Gasteiger partial charge in [0.25, 0.3) is 0 Å². The molecule has 2 aromatic rings. The second-order valence-electron chi connectivity index (χ2n) is 5.18. The van der Waals surface area contributed by atoms with Gasteiger partial charge in [0.15, 0.2) is 11.5 Å². The number of benzene rings is 1. The molecule has 1 aliphatic rings. The zero-order valence-corrected chi connectivity index (χ0v) is 12.8. The van der Waals surface area contributed by atoms with Crippen LogP contribution in [-0.4, -0.2) is 25.9 Å². The first kappa shape index (κ1) is 14.7. The minimum absolute atomic E-state index is 0.266. The summed E-state index contributed by atoms with van der Waals surface area (Å²) in [6, 6.07) is 5.74. The number of hydrogen-bond donors (Lipinski definition) is 1. The summed E-state index contributed by atoms with van der Waals surface area (Å²) in [5.74, 6) is 2.03. The molecule has 0 saturated carbocycles. The van der Waals surface area contributed by atoms with Gasteiger partial charge < -0.3 is 24.1 Å². The fraction of sp³-hybridized carbons (Fsp3) is 0.438. The molecule has 118 valence electrons. The summed E-state index contributed by atoms with van der Waals surface area (Å²) >= 11 is 0. The van der Waals surface area contributed by atoms with Crippen molar-refractivity contribution in [2.45, 2.75) is 25.5 Å². The molecule has 0 amide bonds. The van der Waals surface area contributed by atoms with Gasteiger partial charge in [-0.1, -0.05) is 5.16 Å². The molecule has 0 spiro atoms. The zero-order valence-electron chi connectivity index (χ0n) is 12.8. The molecule has 0 bridgehead atoms. The van der Waals surface area contributed by atoms with Crippen molar-refractivity contribution in [1.82, 2.24) is 10.5 Å². The molecular weight excluding hydrogens is 284 g/mol. The molecule has 0 radical (unpaired) electrons. The molecule has 0 aliphatic carbocycles. The number of ether oxygens (including phenoxy) is 3. The van der Waals surface area contributed by atoms with Crippen LogP contribution in [0.3, 0.4) is 0 Å². The first-order chi connectivity index (χ1) is 10.8. The van der Waals surface area contributed by atoms with Crippen LogP contribution in [0.4, 0.5) is 0 Å². The topological polar surface area (TPSA) is 65.8 Å². The van der Waals surface area contributed by atoms with Crippen LogP contribution in [0.2, 0.25) is 0 Å². The highest BCUT2D eigenvalue weighted by Gasteiger charge is 2.22. The highest BCUT2D eigenvalue weighted by Crippen LogP contribution is 2.32. The van der Waals surface area contributed by atoms with Gasteiger partial charge in [0.2, 0.25) is 0 Å². The van der Waals surface area contributed by atoms with Crippen molar-refractivity contribution >= 4 is 0 Å². The van der Waals surface area contributed by atoms with Crippen LogP contribution in [0.15, 0.2) is 29.0 Å². The molecule has 1 saturated heterocycles. The first-order valence-electron chi connectivity index (χ1n) is 7.33. The van der Waals surface area contributed by atoms with Crippen molar-refractivity contribution in [2.75, 3.05) is 20.8 Å².